The molecule has 1 aliphatic carbocycles. The van der Waals surface area contributed by atoms with Gasteiger partial charge in [0.2, 0.25) is 0 Å². The molecule has 0 aliphatic heterocycles. The molecule has 0 aromatic heterocycles. The van der Waals surface area contributed by atoms with Crippen molar-refractivity contribution >= 4 is 21.6 Å². The molecule has 1 aliphatic rings. The number of hydrogen-bond donors (Lipinski definition) is 2. The van der Waals surface area contributed by atoms with Crippen molar-refractivity contribution < 1.29 is 17.9 Å². The van der Waals surface area contributed by atoms with Gasteiger partial charge in [0, 0.05) is 11.3 Å². The van der Waals surface area contributed by atoms with Gasteiger partial charge >= 0.3 is 0 Å². The topological polar surface area (TPSA) is 84.5 Å². The highest BCUT2D eigenvalue weighted by atomic mass is 32.2. The molecule has 3 aromatic carbocycles. The Bertz CT molecular complexity index is 1150. The third-order valence-corrected chi connectivity index (χ3v) is 7.05. The van der Waals surface area contributed by atoms with Crippen LogP contribution in [0.15, 0.2) is 83.8 Å². The van der Waals surface area contributed by atoms with Crippen molar-refractivity contribution in [3.63, 3.8) is 0 Å². The molecule has 1 fully saturated rings. The summed E-state index contributed by atoms with van der Waals surface area (Å²) in [6.07, 6.45) is 2.84. The van der Waals surface area contributed by atoms with Gasteiger partial charge < -0.3 is 10.1 Å². The fourth-order valence-corrected chi connectivity index (χ4v) is 4.78. The number of amides is 1. The lowest BCUT2D eigenvalue weighted by molar-refractivity contribution is 0.0823. The molecule has 4 rings (SSSR count). The Kier molecular flexibility index (Phi) is 5.69. The fourth-order valence-electron chi connectivity index (χ4n) is 3.72. The number of nitrogens with one attached hydrogen (secondary N) is 2. The number of carbonyl (C=O) groups excluding carboxylic acids is 1. The molecule has 2 N–H and O–H groups in total. The van der Waals surface area contributed by atoms with Gasteiger partial charge in [-0.2, -0.15) is 0 Å². The van der Waals surface area contributed by atoms with Crippen molar-refractivity contribution in [3.8, 4) is 5.75 Å². The van der Waals surface area contributed by atoms with Crippen LogP contribution in [0.2, 0.25) is 0 Å². The Hall–Kier alpha value is -3.32. The third kappa shape index (κ3) is 4.41. The van der Waals surface area contributed by atoms with Gasteiger partial charge in [0.25, 0.3) is 15.9 Å². The number of sulfonamides is 1. The van der Waals surface area contributed by atoms with Crippen molar-refractivity contribution in [2.75, 3.05) is 11.8 Å². The Labute approximate surface area is 182 Å². The van der Waals surface area contributed by atoms with Crippen LogP contribution in [0.4, 0.5) is 5.69 Å². The molecule has 1 amide bonds. The van der Waals surface area contributed by atoms with E-state index in [0.717, 1.165) is 24.8 Å². The van der Waals surface area contributed by atoms with E-state index in [0.29, 0.717) is 17.0 Å². The van der Waals surface area contributed by atoms with E-state index in [4.69, 9.17) is 4.74 Å². The molecular weight excluding hydrogens is 412 g/mol. The lowest BCUT2D eigenvalue weighted by atomic mass is 9.71. The minimum Gasteiger partial charge on any atom is -0.497 e. The normalized spacial score (nSPS) is 14.9. The molecule has 0 bridgehead atoms. The first-order valence-corrected chi connectivity index (χ1v) is 11.6. The second-order valence-corrected chi connectivity index (χ2v) is 9.30. The summed E-state index contributed by atoms with van der Waals surface area (Å²) in [5, 5.41) is 3.16. The van der Waals surface area contributed by atoms with Crippen molar-refractivity contribution in [2.45, 2.75) is 29.7 Å². The maximum Gasteiger partial charge on any atom is 0.261 e. The Morgan fingerprint density at radius 1 is 0.903 bits per heavy atom. The maximum atomic E-state index is 12.9. The summed E-state index contributed by atoms with van der Waals surface area (Å²) < 4.78 is 32.9. The van der Waals surface area contributed by atoms with Crippen molar-refractivity contribution in [1.82, 2.24) is 5.32 Å². The number of benzene rings is 3. The predicted octanol–water partition coefficient (Wildman–Crippen LogP) is 4.31. The minimum atomic E-state index is -3.77. The Morgan fingerprint density at radius 2 is 1.55 bits per heavy atom. The van der Waals surface area contributed by atoms with Crippen LogP contribution in [0.5, 0.6) is 5.75 Å². The van der Waals surface area contributed by atoms with Crippen LogP contribution in [0.1, 0.15) is 35.2 Å². The molecule has 0 unspecified atom stereocenters. The quantitative estimate of drug-likeness (QED) is 0.578. The lowest BCUT2D eigenvalue weighted by Crippen LogP contribution is -2.50. The fraction of sp³-hybridized carbons (Fsp3) is 0.208. The number of methoxy groups -OCH3 is 1. The monoisotopic (exact) mass is 436 g/mol. The highest BCUT2D eigenvalue weighted by molar-refractivity contribution is 7.92. The minimum absolute atomic E-state index is 0.0845. The van der Waals surface area contributed by atoms with Crippen LogP contribution in [0.25, 0.3) is 0 Å². The molecule has 0 heterocycles. The number of carbonyl (C=O) groups is 1. The van der Waals surface area contributed by atoms with E-state index in [2.05, 4.69) is 10.0 Å². The summed E-state index contributed by atoms with van der Waals surface area (Å²) in [4.78, 5) is 12.9. The molecule has 31 heavy (non-hydrogen) atoms. The lowest BCUT2D eigenvalue weighted by Gasteiger charge is -2.43. The summed E-state index contributed by atoms with van der Waals surface area (Å²) in [7, 11) is -2.22. The van der Waals surface area contributed by atoms with Crippen LogP contribution in [-0.4, -0.2) is 21.4 Å². The van der Waals surface area contributed by atoms with E-state index < -0.39 is 10.0 Å². The summed E-state index contributed by atoms with van der Waals surface area (Å²) in [6.45, 7) is 0. The molecule has 3 aromatic rings. The first-order chi connectivity index (χ1) is 14.9. The van der Waals surface area contributed by atoms with Gasteiger partial charge in [0.05, 0.1) is 17.5 Å². The van der Waals surface area contributed by atoms with Crippen LogP contribution < -0.4 is 14.8 Å². The molecule has 0 spiro atoms. The van der Waals surface area contributed by atoms with Gasteiger partial charge in [-0.15, -0.1) is 0 Å². The third-order valence-electron chi connectivity index (χ3n) is 5.66. The summed E-state index contributed by atoms with van der Waals surface area (Å²) >= 11 is 0. The standard InChI is InChI=1S/C24H24N2O4S/c1-30-21-12-10-20(11-13-21)26-31(28,29)22-14-8-18(9-15-22)23(27)25-24(16-5-17-24)19-6-3-2-4-7-19/h2-4,6-15,26H,5,16-17H2,1H3,(H,25,27). The second kappa shape index (κ2) is 8.43. The average Bonchev–Trinajstić information content (AvgIpc) is 2.77. The van der Waals surface area contributed by atoms with Gasteiger partial charge in [0.15, 0.2) is 0 Å². The van der Waals surface area contributed by atoms with E-state index >= 15 is 0 Å². The average molecular weight is 437 g/mol. The van der Waals surface area contributed by atoms with E-state index in [1.165, 1.54) is 24.3 Å². The molecular formula is C24H24N2O4S. The maximum absolute atomic E-state index is 12.9. The van der Waals surface area contributed by atoms with Gasteiger partial charge in [-0.3, -0.25) is 9.52 Å². The van der Waals surface area contributed by atoms with E-state index in [9.17, 15) is 13.2 Å². The highest BCUT2D eigenvalue weighted by Gasteiger charge is 2.40. The summed E-state index contributed by atoms with van der Waals surface area (Å²) in [5.41, 5.74) is 1.60. The molecule has 0 radical (unpaired) electrons. The molecule has 0 saturated heterocycles. The van der Waals surface area contributed by atoms with Crippen LogP contribution in [0, 0.1) is 0 Å². The SMILES string of the molecule is COc1ccc(NS(=O)(=O)c2ccc(C(=O)NC3(c4ccccc4)CCC3)cc2)cc1. The molecule has 1 saturated carbocycles. The summed E-state index contributed by atoms with van der Waals surface area (Å²) in [6, 6.07) is 22.5. The number of hydrogen-bond acceptors (Lipinski definition) is 4. The molecule has 7 heteroatoms. The Balaban J connectivity index is 1.47. The zero-order valence-corrected chi connectivity index (χ0v) is 18.0. The van der Waals surface area contributed by atoms with Crippen molar-refractivity contribution in [1.29, 1.82) is 0 Å². The first kappa shape index (κ1) is 20.9. The smallest absolute Gasteiger partial charge is 0.261 e. The van der Waals surface area contributed by atoms with Crippen LogP contribution in [-0.2, 0) is 15.6 Å². The van der Waals surface area contributed by atoms with E-state index in [1.807, 2.05) is 30.3 Å². The van der Waals surface area contributed by atoms with Gasteiger partial charge in [0.1, 0.15) is 5.75 Å². The van der Waals surface area contributed by atoms with Crippen molar-refractivity contribution in [2.24, 2.45) is 0 Å². The van der Waals surface area contributed by atoms with Gasteiger partial charge in [-0.25, -0.2) is 8.42 Å². The predicted molar refractivity (Wildman–Crippen MR) is 120 cm³/mol. The van der Waals surface area contributed by atoms with Crippen LogP contribution >= 0.6 is 0 Å². The first-order valence-electron chi connectivity index (χ1n) is 10.1. The molecule has 6 nitrogen and oxygen atoms in total. The summed E-state index contributed by atoms with van der Waals surface area (Å²) in [5.74, 6) is 0.425. The van der Waals surface area contributed by atoms with Crippen molar-refractivity contribution in [3.05, 3.63) is 90.0 Å². The zero-order chi connectivity index (χ0) is 21.9. The molecule has 160 valence electrons. The zero-order valence-electron chi connectivity index (χ0n) is 17.2. The van der Waals surface area contributed by atoms with E-state index in [1.54, 1.807) is 31.4 Å². The largest absolute Gasteiger partial charge is 0.497 e. The number of anilines is 1. The molecule has 0 atom stereocenters. The number of ether oxygens (including phenoxy) is 1. The highest BCUT2D eigenvalue weighted by Crippen LogP contribution is 2.41. The number of rotatable bonds is 7. The van der Waals surface area contributed by atoms with Gasteiger partial charge in [-0.1, -0.05) is 30.3 Å². The second-order valence-electron chi connectivity index (χ2n) is 7.61. The van der Waals surface area contributed by atoms with Gasteiger partial charge in [-0.05, 0) is 73.4 Å². The van der Waals surface area contributed by atoms with E-state index in [-0.39, 0.29) is 16.3 Å². The Morgan fingerprint density at radius 3 is 2.10 bits per heavy atom. The van der Waals surface area contributed by atoms with Crippen LogP contribution in [0.3, 0.4) is 0 Å².